The van der Waals surface area contributed by atoms with Crippen LogP contribution < -0.4 is 0 Å². The van der Waals surface area contributed by atoms with Crippen molar-refractivity contribution >= 4 is 0 Å². The van der Waals surface area contributed by atoms with Gasteiger partial charge in [0.25, 0.3) is 0 Å². The Balaban J connectivity index is 1.41. The molecule has 2 aliphatic rings. The zero-order chi connectivity index (χ0) is 15.5. The van der Waals surface area contributed by atoms with Crippen LogP contribution in [0.2, 0.25) is 0 Å². The fraction of sp³-hybridized carbons (Fsp3) is 0.684. The summed E-state index contributed by atoms with van der Waals surface area (Å²) >= 11 is 0. The van der Waals surface area contributed by atoms with Gasteiger partial charge in [0.05, 0.1) is 39.6 Å². The van der Waals surface area contributed by atoms with Crippen LogP contribution in [0.15, 0.2) is 24.3 Å². The van der Waals surface area contributed by atoms with Gasteiger partial charge in [-0.2, -0.15) is 0 Å². The Morgan fingerprint density at radius 3 is 2.00 bits per heavy atom. The van der Waals surface area contributed by atoms with Crippen LogP contribution in [0.3, 0.4) is 0 Å². The largest absolute Gasteiger partial charge is 0.380 e. The molecule has 0 atom stereocenters. The summed E-state index contributed by atoms with van der Waals surface area (Å²) in [6, 6.07) is 8.55. The molecule has 2 fully saturated rings. The summed E-state index contributed by atoms with van der Waals surface area (Å²) in [6.07, 6.45) is 3.98. The quantitative estimate of drug-likeness (QED) is 0.728. The van der Waals surface area contributed by atoms with E-state index in [0.29, 0.717) is 18.6 Å². The molecule has 1 saturated carbocycles. The summed E-state index contributed by atoms with van der Waals surface area (Å²) in [5.41, 5.74) is 3.11. The summed E-state index contributed by atoms with van der Waals surface area (Å²) in [5, 5.41) is 0. The Kier molecular flexibility index (Phi) is 4.86. The molecule has 3 heteroatoms. The Morgan fingerprint density at radius 1 is 0.955 bits per heavy atom. The van der Waals surface area contributed by atoms with E-state index in [0.717, 1.165) is 26.4 Å². The third kappa shape index (κ3) is 4.09. The van der Waals surface area contributed by atoms with Crippen molar-refractivity contribution in [1.29, 1.82) is 0 Å². The maximum absolute atomic E-state index is 5.91. The second-order valence-corrected chi connectivity index (χ2v) is 7.77. The van der Waals surface area contributed by atoms with Crippen molar-refractivity contribution in [2.24, 2.45) is 10.8 Å². The van der Waals surface area contributed by atoms with E-state index in [1.165, 1.54) is 30.4 Å². The Hall–Kier alpha value is -0.900. The van der Waals surface area contributed by atoms with Crippen LogP contribution in [-0.2, 0) is 27.4 Å². The van der Waals surface area contributed by atoms with Crippen molar-refractivity contribution in [3.63, 3.8) is 0 Å². The Bertz CT molecular complexity index is 448. The first-order valence-corrected chi connectivity index (χ1v) is 8.38. The average Bonchev–Trinajstić information content (AvgIpc) is 2.44. The molecule has 3 nitrogen and oxygen atoms in total. The molecule has 0 spiro atoms. The van der Waals surface area contributed by atoms with Crippen molar-refractivity contribution < 1.29 is 14.2 Å². The van der Waals surface area contributed by atoms with Crippen molar-refractivity contribution in [3.05, 3.63) is 35.4 Å². The molecule has 1 aliphatic carbocycles. The number of ether oxygens (including phenoxy) is 3. The molecule has 0 bridgehead atoms. The monoisotopic (exact) mass is 304 g/mol. The van der Waals surface area contributed by atoms with Gasteiger partial charge in [-0.3, -0.25) is 0 Å². The fourth-order valence-corrected chi connectivity index (χ4v) is 3.10. The minimum absolute atomic E-state index is 0.221. The van der Waals surface area contributed by atoms with E-state index in [4.69, 9.17) is 14.2 Å². The van der Waals surface area contributed by atoms with Gasteiger partial charge in [-0.05, 0) is 29.4 Å². The van der Waals surface area contributed by atoms with Gasteiger partial charge >= 0.3 is 0 Å². The van der Waals surface area contributed by atoms with Crippen LogP contribution in [0.1, 0.15) is 44.2 Å². The molecule has 1 aliphatic heterocycles. The van der Waals surface area contributed by atoms with Gasteiger partial charge in [0.2, 0.25) is 0 Å². The Morgan fingerprint density at radius 2 is 1.55 bits per heavy atom. The molecule has 0 unspecified atom stereocenters. The molecule has 1 heterocycles. The molecule has 0 N–H and O–H groups in total. The first kappa shape index (κ1) is 16.0. The molecular formula is C19H28O3. The highest BCUT2D eigenvalue weighted by atomic mass is 16.5. The minimum atomic E-state index is 0.221. The molecule has 0 radical (unpaired) electrons. The van der Waals surface area contributed by atoms with Crippen LogP contribution in [0.5, 0.6) is 0 Å². The van der Waals surface area contributed by atoms with Crippen LogP contribution >= 0.6 is 0 Å². The molecule has 0 amide bonds. The highest BCUT2D eigenvalue weighted by Gasteiger charge is 2.33. The van der Waals surface area contributed by atoms with Gasteiger partial charge in [0.1, 0.15) is 0 Å². The number of hydrogen-bond acceptors (Lipinski definition) is 3. The molecular weight excluding hydrogens is 276 g/mol. The van der Waals surface area contributed by atoms with E-state index >= 15 is 0 Å². The predicted octanol–water partition coefficient (Wildman–Crippen LogP) is 3.95. The number of rotatable bonds is 8. The summed E-state index contributed by atoms with van der Waals surface area (Å²) in [5.74, 6) is 0. The van der Waals surface area contributed by atoms with Crippen molar-refractivity contribution in [3.8, 4) is 0 Å². The standard InChI is InChI=1S/C19H28O3/c1-18(7-4-8-18)12-20-10-16-5-3-6-17(9-16)11-21-13-19(2)14-22-15-19/h3,5-6,9H,4,7-8,10-15H2,1-2H3. The number of hydrogen-bond donors (Lipinski definition) is 0. The Labute approximate surface area is 134 Å². The molecule has 1 aromatic rings. The second kappa shape index (κ2) is 6.69. The first-order chi connectivity index (χ1) is 10.6. The zero-order valence-corrected chi connectivity index (χ0v) is 13.9. The van der Waals surface area contributed by atoms with Crippen LogP contribution in [0, 0.1) is 10.8 Å². The van der Waals surface area contributed by atoms with E-state index in [1.54, 1.807) is 0 Å². The van der Waals surface area contributed by atoms with Crippen LogP contribution in [0.25, 0.3) is 0 Å². The molecule has 22 heavy (non-hydrogen) atoms. The molecule has 1 saturated heterocycles. The van der Waals surface area contributed by atoms with Crippen LogP contribution in [-0.4, -0.2) is 26.4 Å². The lowest BCUT2D eigenvalue weighted by Crippen LogP contribution is -2.43. The maximum Gasteiger partial charge on any atom is 0.0717 e. The topological polar surface area (TPSA) is 27.7 Å². The smallest absolute Gasteiger partial charge is 0.0717 e. The molecule has 1 aromatic carbocycles. The normalized spacial score (nSPS) is 21.9. The summed E-state index contributed by atoms with van der Waals surface area (Å²) in [7, 11) is 0. The van der Waals surface area contributed by atoms with E-state index < -0.39 is 0 Å². The third-order valence-electron chi connectivity index (χ3n) is 4.89. The van der Waals surface area contributed by atoms with E-state index in [1.807, 2.05) is 0 Å². The van der Waals surface area contributed by atoms with Crippen molar-refractivity contribution in [2.75, 3.05) is 26.4 Å². The van der Waals surface area contributed by atoms with Gasteiger partial charge in [0, 0.05) is 5.41 Å². The minimum Gasteiger partial charge on any atom is -0.380 e. The second-order valence-electron chi connectivity index (χ2n) is 7.77. The summed E-state index contributed by atoms with van der Waals surface area (Å²) in [6.45, 7) is 9.20. The molecule has 3 rings (SSSR count). The highest BCUT2D eigenvalue weighted by molar-refractivity contribution is 5.22. The SMILES string of the molecule is CC1(COCc2cccc(COCC3(C)COC3)c2)CCC1. The van der Waals surface area contributed by atoms with Crippen molar-refractivity contribution in [1.82, 2.24) is 0 Å². The lowest BCUT2D eigenvalue weighted by molar-refractivity contribution is -0.140. The van der Waals surface area contributed by atoms with Gasteiger partial charge in [-0.15, -0.1) is 0 Å². The lowest BCUT2D eigenvalue weighted by atomic mass is 9.71. The highest BCUT2D eigenvalue weighted by Crippen LogP contribution is 2.40. The van der Waals surface area contributed by atoms with Gasteiger partial charge < -0.3 is 14.2 Å². The average molecular weight is 304 g/mol. The van der Waals surface area contributed by atoms with Crippen molar-refractivity contribution in [2.45, 2.75) is 46.3 Å². The lowest BCUT2D eigenvalue weighted by Gasteiger charge is -2.37. The number of benzene rings is 1. The van der Waals surface area contributed by atoms with Crippen LogP contribution in [0.4, 0.5) is 0 Å². The maximum atomic E-state index is 5.91. The molecule has 122 valence electrons. The van der Waals surface area contributed by atoms with E-state index in [2.05, 4.69) is 38.1 Å². The fourth-order valence-electron chi connectivity index (χ4n) is 3.10. The first-order valence-electron chi connectivity index (χ1n) is 8.38. The summed E-state index contributed by atoms with van der Waals surface area (Å²) < 4.78 is 17.0. The van der Waals surface area contributed by atoms with Gasteiger partial charge in [-0.1, -0.05) is 44.5 Å². The third-order valence-corrected chi connectivity index (χ3v) is 4.89. The van der Waals surface area contributed by atoms with Gasteiger partial charge in [-0.25, -0.2) is 0 Å². The predicted molar refractivity (Wildman–Crippen MR) is 86.6 cm³/mol. The van der Waals surface area contributed by atoms with E-state index in [9.17, 15) is 0 Å². The van der Waals surface area contributed by atoms with Gasteiger partial charge in [0.15, 0.2) is 0 Å². The van der Waals surface area contributed by atoms with E-state index in [-0.39, 0.29) is 5.41 Å². The zero-order valence-electron chi connectivity index (χ0n) is 13.9. The summed E-state index contributed by atoms with van der Waals surface area (Å²) in [4.78, 5) is 0. The molecule has 0 aromatic heterocycles.